The third kappa shape index (κ3) is 4.53. The van der Waals surface area contributed by atoms with Crippen LogP contribution in [0.15, 0.2) is 48.5 Å². The van der Waals surface area contributed by atoms with Gasteiger partial charge in [-0.05, 0) is 31.9 Å². The van der Waals surface area contributed by atoms with E-state index in [-0.39, 0.29) is 17.7 Å². The predicted octanol–water partition coefficient (Wildman–Crippen LogP) is 3.02. The standard InChI is InChI=1S/C20H23NO4/c1-20(2,3)25-19(24)16-14(12-21)10-7-11-15(16)18(23)17(22)13-8-5-4-6-9-13/h4-11,17,22H,12,21H2,1-3H3. The summed E-state index contributed by atoms with van der Waals surface area (Å²) in [6, 6.07) is 13.4. The van der Waals surface area contributed by atoms with E-state index in [1.165, 1.54) is 6.07 Å². The van der Waals surface area contributed by atoms with Crippen molar-refractivity contribution in [3.05, 3.63) is 70.8 Å². The minimum Gasteiger partial charge on any atom is -0.456 e. The van der Waals surface area contributed by atoms with Crippen LogP contribution in [0, 0.1) is 0 Å². The monoisotopic (exact) mass is 341 g/mol. The molecule has 1 atom stereocenters. The van der Waals surface area contributed by atoms with Crippen molar-refractivity contribution in [2.24, 2.45) is 5.73 Å². The van der Waals surface area contributed by atoms with Crippen molar-refractivity contribution in [3.63, 3.8) is 0 Å². The van der Waals surface area contributed by atoms with Crippen LogP contribution in [-0.4, -0.2) is 22.5 Å². The van der Waals surface area contributed by atoms with Crippen LogP contribution in [-0.2, 0) is 11.3 Å². The Labute approximate surface area is 147 Å². The molecule has 0 saturated carbocycles. The quantitative estimate of drug-likeness (QED) is 0.644. The summed E-state index contributed by atoms with van der Waals surface area (Å²) in [6.07, 6.45) is -1.37. The molecule has 0 aliphatic carbocycles. The number of ketones is 1. The van der Waals surface area contributed by atoms with Crippen molar-refractivity contribution in [2.45, 2.75) is 39.0 Å². The molecule has 2 aromatic carbocycles. The zero-order valence-electron chi connectivity index (χ0n) is 14.7. The minimum absolute atomic E-state index is 0.0805. The lowest BCUT2D eigenvalue weighted by atomic mass is 9.93. The Hall–Kier alpha value is -2.50. The van der Waals surface area contributed by atoms with E-state index in [0.717, 1.165) is 0 Å². The molecule has 0 saturated heterocycles. The second kappa shape index (κ2) is 7.59. The molecule has 0 bridgehead atoms. The Morgan fingerprint density at radius 2 is 1.72 bits per heavy atom. The molecule has 25 heavy (non-hydrogen) atoms. The van der Waals surface area contributed by atoms with Crippen LogP contribution < -0.4 is 5.73 Å². The van der Waals surface area contributed by atoms with Crippen molar-refractivity contribution >= 4 is 11.8 Å². The Bertz CT molecular complexity index is 763. The Kier molecular flexibility index (Phi) is 5.72. The van der Waals surface area contributed by atoms with Gasteiger partial charge < -0.3 is 15.6 Å². The maximum atomic E-state index is 12.8. The third-order valence-corrected chi connectivity index (χ3v) is 3.60. The Balaban J connectivity index is 2.47. The van der Waals surface area contributed by atoms with E-state index >= 15 is 0 Å². The number of Topliss-reactive ketones (excluding diaryl/α,β-unsaturated/α-hetero) is 1. The lowest BCUT2D eigenvalue weighted by molar-refractivity contribution is 0.00659. The minimum atomic E-state index is -1.37. The molecule has 0 fully saturated rings. The van der Waals surface area contributed by atoms with Crippen LogP contribution in [0.5, 0.6) is 0 Å². The van der Waals surface area contributed by atoms with Crippen LogP contribution in [0.1, 0.15) is 58.7 Å². The number of carbonyl (C=O) groups is 2. The molecule has 2 rings (SSSR count). The molecule has 2 aromatic rings. The van der Waals surface area contributed by atoms with Crippen LogP contribution >= 0.6 is 0 Å². The summed E-state index contributed by atoms with van der Waals surface area (Å²) in [7, 11) is 0. The predicted molar refractivity (Wildman–Crippen MR) is 95.2 cm³/mol. The number of aliphatic hydroxyl groups excluding tert-OH is 1. The highest BCUT2D eigenvalue weighted by molar-refractivity contribution is 6.09. The molecule has 1 unspecified atom stereocenters. The van der Waals surface area contributed by atoms with E-state index in [1.807, 2.05) is 0 Å². The summed E-state index contributed by atoms with van der Waals surface area (Å²) in [4.78, 5) is 25.4. The van der Waals surface area contributed by atoms with Gasteiger partial charge in [0.15, 0.2) is 5.78 Å². The molecule has 0 aromatic heterocycles. The van der Waals surface area contributed by atoms with E-state index in [4.69, 9.17) is 10.5 Å². The first-order valence-electron chi connectivity index (χ1n) is 8.07. The molecule has 0 spiro atoms. The highest BCUT2D eigenvalue weighted by Crippen LogP contribution is 2.25. The number of nitrogens with two attached hydrogens (primary N) is 1. The SMILES string of the molecule is CC(C)(C)OC(=O)c1c(CN)cccc1C(=O)C(O)c1ccccc1. The first-order valence-corrected chi connectivity index (χ1v) is 8.07. The van der Waals surface area contributed by atoms with Crippen LogP contribution in [0.25, 0.3) is 0 Å². The molecule has 5 heteroatoms. The Morgan fingerprint density at radius 1 is 1.08 bits per heavy atom. The maximum Gasteiger partial charge on any atom is 0.339 e. The van der Waals surface area contributed by atoms with Crippen LogP contribution in [0.4, 0.5) is 0 Å². The summed E-state index contributed by atoms with van der Waals surface area (Å²) in [5.41, 5.74) is 6.19. The van der Waals surface area contributed by atoms with Gasteiger partial charge in [-0.2, -0.15) is 0 Å². The number of carbonyl (C=O) groups excluding carboxylic acids is 2. The van der Waals surface area contributed by atoms with Crippen molar-refractivity contribution in [2.75, 3.05) is 0 Å². The molecule has 132 valence electrons. The van der Waals surface area contributed by atoms with Gasteiger partial charge in [-0.1, -0.05) is 48.5 Å². The number of benzene rings is 2. The zero-order valence-corrected chi connectivity index (χ0v) is 14.7. The summed E-state index contributed by atoms with van der Waals surface area (Å²) < 4.78 is 5.41. The summed E-state index contributed by atoms with van der Waals surface area (Å²) in [6.45, 7) is 5.32. The highest BCUT2D eigenvalue weighted by atomic mass is 16.6. The lowest BCUT2D eigenvalue weighted by Gasteiger charge is -2.22. The summed E-state index contributed by atoms with van der Waals surface area (Å²) >= 11 is 0. The molecular weight excluding hydrogens is 318 g/mol. The van der Waals surface area contributed by atoms with Crippen LogP contribution in [0.3, 0.4) is 0 Å². The number of hydrogen-bond acceptors (Lipinski definition) is 5. The van der Waals surface area contributed by atoms with Gasteiger partial charge in [0.05, 0.1) is 5.56 Å². The fourth-order valence-electron chi connectivity index (χ4n) is 2.48. The molecule has 5 nitrogen and oxygen atoms in total. The first-order chi connectivity index (χ1) is 11.7. The lowest BCUT2D eigenvalue weighted by Crippen LogP contribution is -2.27. The third-order valence-electron chi connectivity index (χ3n) is 3.60. The second-order valence-electron chi connectivity index (χ2n) is 6.72. The molecule has 3 N–H and O–H groups in total. The van der Waals surface area contributed by atoms with Crippen LogP contribution in [0.2, 0.25) is 0 Å². The molecule has 0 radical (unpaired) electrons. The number of rotatable bonds is 5. The van der Waals surface area contributed by atoms with Gasteiger partial charge in [-0.15, -0.1) is 0 Å². The van der Waals surface area contributed by atoms with E-state index in [2.05, 4.69) is 0 Å². The van der Waals surface area contributed by atoms with Crippen molar-refractivity contribution in [3.8, 4) is 0 Å². The smallest absolute Gasteiger partial charge is 0.339 e. The van der Waals surface area contributed by atoms with E-state index in [9.17, 15) is 14.7 Å². The van der Waals surface area contributed by atoms with Gasteiger partial charge in [0.25, 0.3) is 0 Å². The molecule has 0 heterocycles. The largest absolute Gasteiger partial charge is 0.456 e. The van der Waals surface area contributed by atoms with Gasteiger partial charge in [0, 0.05) is 12.1 Å². The number of esters is 1. The Morgan fingerprint density at radius 3 is 2.28 bits per heavy atom. The van der Waals surface area contributed by atoms with Crippen molar-refractivity contribution < 1.29 is 19.4 Å². The number of hydrogen-bond donors (Lipinski definition) is 2. The highest BCUT2D eigenvalue weighted by Gasteiger charge is 2.28. The van der Waals surface area contributed by atoms with E-state index in [1.54, 1.807) is 63.2 Å². The van der Waals surface area contributed by atoms with Gasteiger partial charge in [-0.3, -0.25) is 4.79 Å². The second-order valence-corrected chi connectivity index (χ2v) is 6.72. The van der Waals surface area contributed by atoms with Gasteiger partial charge in [-0.25, -0.2) is 4.79 Å². The topological polar surface area (TPSA) is 89.6 Å². The molecule has 0 aliphatic heterocycles. The number of aliphatic hydroxyl groups is 1. The first kappa shape index (κ1) is 18.8. The average Bonchev–Trinajstić information content (AvgIpc) is 2.59. The van der Waals surface area contributed by atoms with E-state index in [0.29, 0.717) is 11.1 Å². The van der Waals surface area contributed by atoms with Gasteiger partial charge >= 0.3 is 5.97 Å². The summed E-state index contributed by atoms with van der Waals surface area (Å²) in [5, 5.41) is 10.4. The fourth-order valence-corrected chi connectivity index (χ4v) is 2.48. The van der Waals surface area contributed by atoms with Crippen molar-refractivity contribution in [1.29, 1.82) is 0 Å². The van der Waals surface area contributed by atoms with Crippen molar-refractivity contribution in [1.82, 2.24) is 0 Å². The molecule has 0 aliphatic rings. The number of ether oxygens (including phenoxy) is 1. The normalized spacial score (nSPS) is 12.5. The average molecular weight is 341 g/mol. The van der Waals surface area contributed by atoms with Gasteiger partial charge in [0.2, 0.25) is 0 Å². The fraction of sp³-hybridized carbons (Fsp3) is 0.300. The zero-order chi connectivity index (χ0) is 18.6. The molecular formula is C20H23NO4. The molecule has 0 amide bonds. The maximum absolute atomic E-state index is 12.8. The summed E-state index contributed by atoms with van der Waals surface area (Å²) in [5.74, 6) is -1.19. The van der Waals surface area contributed by atoms with E-state index < -0.39 is 23.5 Å². The van der Waals surface area contributed by atoms with Gasteiger partial charge in [0.1, 0.15) is 11.7 Å².